The molecular formula is C10H19ClF2N2O. The van der Waals surface area contributed by atoms with Gasteiger partial charge in [0.1, 0.15) is 0 Å². The molecule has 0 unspecified atom stereocenters. The monoisotopic (exact) mass is 256 g/mol. The van der Waals surface area contributed by atoms with Crippen molar-refractivity contribution in [3.05, 3.63) is 0 Å². The minimum atomic E-state index is -2.45. The van der Waals surface area contributed by atoms with Gasteiger partial charge in [-0.3, -0.25) is 4.79 Å². The normalized spacial score (nSPS) is 16.9. The van der Waals surface area contributed by atoms with Gasteiger partial charge in [0, 0.05) is 6.42 Å². The molecule has 1 saturated heterocycles. The van der Waals surface area contributed by atoms with Crippen LogP contribution < -0.4 is 10.6 Å². The first kappa shape index (κ1) is 15.6. The van der Waals surface area contributed by atoms with Crippen molar-refractivity contribution in [1.82, 2.24) is 10.6 Å². The maximum atomic E-state index is 11.8. The molecule has 1 heterocycles. The molecule has 6 heteroatoms. The maximum Gasteiger partial charge on any atom is 0.255 e. The Bertz CT molecular complexity index is 199. The molecule has 0 aromatic rings. The summed E-state index contributed by atoms with van der Waals surface area (Å²) >= 11 is 0. The predicted molar refractivity (Wildman–Crippen MR) is 61.1 cm³/mol. The summed E-state index contributed by atoms with van der Waals surface area (Å²) in [4.78, 5) is 11.1. The third kappa shape index (κ3) is 6.95. The highest BCUT2D eigenvalue weighted by Crippen LogP contribution is 2.17. The predicted octanol–water partition coefficient (Wildman–Crippen LogP) is 1.57. The molecule has 1 aliphatic heterocycles. The van der Waals surface area contributed by atoms with Crippen molar-refractivity contribution in [2.75, 3.05) is 19.6 Å². The zero-order valence-electron chi connectivity index (χ0n) is 9.18. The van der Waals surface area contributed by atoms with E-state index in [0.717, 1.165) is 32.4 Å². The van der Waals surface area contributed by atoms with Crippen LogP contribution in [-0.4, -0.2) is 32.0 Å². The lowest BCUT2D eigenvalue weighted by molar-refractivity contribution is -0.122. The van der Waals surface area contributed by atoms with E-state index in [1.54, 1.807) is 0 Å². The van der Waals surface area contributed by atoms with Crippen LogP contribution in [0, 0.1) is 5.92 Å². The molecule has 1 rings (SSSR count). The Morgan fingerprint density at radius 2 is 2.00 bits per heavy atom. The number of amides is 1. The zero-order chi connectivity index (χ0) is 11.1. The third-order valence-corrected chi connectivity index (χ3v) is 2.69. The van der Waals surface area contributed by atoms with Gasteiger partial charge in [-0.2, -0.15) is 0 Å². The van der Waals surface area contributed by atoms with Crippen molar-refractivity contribution in [3.63, 3.8) is 0 Å². The topological polar surface area (TPSA) is 41.1 Å². The molecule has 1 amide bonds. The number of nitrogens with one attached hydrogen (secondary N) is 2. The Hall–Kier alpha value is -0.420. The van der Waals surface area contributed by atoms with Crippen LogP contribution in [0.2, 0.25) is 0 Å². The van der Waals surface area contributed by atoms with Gasteiger partial charge in [0.15, 0.2) is 0 Å². The average molecular weight is 257 g/mol. The maximum absolute atomic E-state index is 11.8. The highest BCUT2D eigenvalue weighted by molar-refractivity contribution is 5.85. The summed E-state index contributed by atoms with van der Waals surface area (Å²) in [6.07, 6.45) is 0.908. The van der Waals surface area contributed by atoms with Crippen LogP contribution in [-0.2, 0) is 4.79 Å². The van der Waals surface area contributed by atoms with E-state index < -0.39 is 13.0 Å². The number of piperidine rings is 1. The van der Waals surface area contributed by atoms with Crippen LogP contribution in [0.4, 0.5) is 8.78 Å². The summed E-state index contributed by atoms with van der Waals surface area (Å²) in [6.45, 7) is 1.48. The van der Waals surface area contributed by atoms with Crippen molar-refractivity contribution >= 4 is 18.3 Å². The minimum absolute atomic E-state index is 0. The van der Waals surface area contributed by atoms with Crippen molar-refractivity contribution < 1.29 is 13.6 Å². The van der Waals surface area contributed by atoms with E-state index in [-0.39, 0.29) is 18.3 Å². The average Bonchev–Trinajstić information content (AvgIpc) is 2.25. The summed E-state index contributed by atoms with van der Waals surface area (Å²) in [5, 5.41) is 5.46. The Morgan fingerprint density at radius 1 is 1.38 bits per heavy atom. The van der Waals surface area contributed by atoms with Gasteiger partial charge in [0.25, 0.3) is 6.43 Å². The van der Waals surface area contributed by atoms with Gasteiger partial charge >= 0.3 is 0 Å². The molecule has 1 fully saturated rings. The molecule has 0 aliphatic carbocycles. The largest absolute Gasteiger partial charge is 0.350 e. The lowest BCUT2D eigenvalue weighted by atomic mass is 9.93. The molecule has 0 atom stereocenters. The van der Waals surface area contributed by atoms with Crippen molar-refractivity contribution in [2.45, 2.75) is 32.1 Å². The molecule has 0 saturated carbocycles. The fourth-order valence-corrected chi connectivity index (χ4v) is 1.78. The fourth-order valence-electron chi connectivity index (χ4n) is 1.78. The number of alkyl halides is 2. The van der Waals surface area contributed by atoms with E-state index in [1.807, 2.05) is 0 Å². The van der Waals surface area contributed by atoms with Crippen LogP contribution in [0.25, 0.3) is 0 Å². The number of carbonyl (C=O) groups excluding carboxylic acids is 1. The summed E-state index contributed by atoms with van der Waals surface area (Å²) in [5.74, 6) is 0.317. The molecule has 96 valence electrons. The highest BCUT2D eigenvalue weighted by atomic mass is 35.5. The molecule has 16 heavy (non-hydrogen) atoms. The van der Waals surface area contributed by atoms with Crippen LogP contribution in [0.3, 0.4) is 0 Å². The van der Waals surface area contributed by atoms with Crippen molar-refractivity contribution in [3.8, 4) is 0 Å². The summed E-state index contributed by atoms with van der Waals surface area (Å²) in [7, 11) is 0. The third-order valence-electron chi connectivity index (χ3n) is 2.69. The van der Waals surface area contributed by atoms with Crippen molar-refractivity contribution in [1.29, 1.82) is 0 Å². The van der Waals surface area contributed by atoms with Crippen LogP contribution in [0.5, 0.6) is 0 Å². The van der Waals surface area contributed by atoms with Gasteiger partial charge in [-0.25, -0.2) is 8.78 Å². The Morgan fingerprint density at radius 3 is 2.56 bits per heavy atom. The van der Waals surface area contributed by atoms with Gasteiger partial charge in [-0.15, -0.1) is 12.4 Å². The number of rotatable bonds is 5. The zero-order valence-corrected chi connectivity index (χ0v) is 9.99. The van der Waals surface area contributed by atoms with E-state index in [0.29, 0.717) is 12.3 Å². The van der Waals surface area contributed by atoms with Gasteiger partial charge in [-0.05, 0) is 38.3 Å². The second kappa shape index (κ2) is 8.70. The van der Waals surface area contributed by atoms with Crippen LogP contribution in [0.1, 0.15) is 25.7 Å². The Labute approximate surface area is 101 Å². The first-order valence-electron chi connectivity index (χ1n) is 5.44. The smallest absolute Gasteiger partial charge is 0.255 e. The molecule has 3 nitrogen and oxygen atoms in total. The van der Waals surface area contributed by atoms with E-state index in [4.69, 9.17) is 0 Å². The Balaban J connectivity index is 0.00000225. The standard InChI is InChI=1S/C10H18F2N2O.ClH/c11-9(12)7-14-10(15)2-1-8-3-5-13-6-4-8;/h8-9,13H,1-7H2,(H,14,15);1H. The van der Waals surface area contributed by atoms with Crippen LogP contribution >= 0.6 is 12.4 Å². The second-order valence-electron chi connectivity index (χ2n) is 3.93. The van der Waals surface area contributed by atoms with Crippen LogP contribution in [0.15, 0.2) is 0 Å². The minimum Gasteiger partial charge on any atom is -0.350 e. The Kier molecular flexibility index (Phi) is 8.47. The second-order valence-corrected chi connectivity index (χ2v) is 3.93. The highest BCUT2D eigenvalue weighted by Gasteiger charge is 2.14. The van der Waals surface area contributed by atoms with E-state index in [9.17, 15) is 13.6 Å². The summed E-state index contributed by atoms with van der Waals surface area (Å²) < 4.78 is 23.5. The molecule has 1 aliphatic rings. The van der Waals surface area contributed by atoms with Crippen molar-refractivity contribution in [2.24, 2.45) is 5.92 Å². The molecule has 0 aromatic heterocycles. The molecule has 0 radical (unpaired) electrons. The number of hydrogen-bond acceptors (Lipinski definition) is 2. The molecule has 0 spiro atoms. The van der Waals surface area contributed by atoms with Gasteiger partial charge < -0.3 is 10.6 Å². The van der Waals surface area contributed by atoms with E-state index in [2.05, 4.69) is 10.6 Å². The summed E-state index contributed by atoms with van der Waals surface area (Å²) in [5.41, 5.74) is 0. The molecule has 0 bridgehead atoms. The molecule has 0 aromatic carbocycles. The van der Waals surface area contributed by atoms with Gasteiger partial charge in [-0.1, -0.05) is 0 Å². The number of halogens is 3. The number of carbonyl (C=O) groups is 1. The fraction of sp³-hybridized carbons (Fsp3) is 0.900. The lowest BCUT2D eigenvalue weighted by Crippen LogP contribution is -2.31. The number of hydrogen-bond donors (Lipinski definition) is 2. The summed E-state index contributed by atoms with van der Waals surface area (Å²) in [6, 6.07) is 0. The van der Waals surface area contributed by atoms with E-state index >= 15 is 0 Å². The lowest BCUT2D eigenvalue weighted by Gasteiger charge is -2.22. The quantitative estimate of drug-likeness (QED) is 0.784. The first-order chi connectivity index (χ1) is 7.18. The van der Waals surface area contributed by atoms with E-state index in [1.165, 1.54) is 0 Å². The molecular weight excluding hydrogens is 238 g/mol. The first-order valence-corrected chi connectivity index (χ1v) is 5.44. The van der Waals surface area contributed by atoms with Gasteiger partial charge in [0.2, 0.25) is 5.91 Å². The molecule has 2 N–H and O–H groups in total. The van der Waals surface area contributed by atoms with Gasteiger partial charge in [0.05, 0.1) is 6.54 Å². The SMILES string of the molecule is Cl.O=C(CCC1CCNCC1)NCC(F)F.